The number of unbranched alkanes of at least 4 members (excludes halogenated alkanes) is 6. The Morgan fingerprint density at radius 3 is 1.92 bits per heavy atom. The minimum absolute atomic E-state index is 0.000431. The molecular weight excluding hydrogens is 360 g/mol. The number of benzene rings is 1. The predicted molar refractivity (Wildman–Crippen MR) is 120 cm³/mol. The fraction of sp³-hybridized carbons (Fsp3) is 0.619. The van der Waals surface area contributed by atoms with Crippen molar-refractivity contribution < 1.29 is 4.79 Å². The summed E-state index contributed by atoms with van der Waals surface area (Å²) >= 11 is 7.10. The van der Waals surface area contributed by atoms with Gasteiger partial charge >= 0.3 is 0 Å². The van der Waals surface area contributed by atoms with Crippen LogP contribution >= 0.6 is 24.2 Å². The number of carbonyl (C=O) groups is 1. The van der Waals surface area contributed by atoms with Crippen molar-refractivity contribution in [2.24, 2.45) is 0 Å². The summed E-state index contributed by atoms with van der Waals surface area (Å²) in [6, 6.07) is 9.75. The van der Waals surface area contributed by atoms with E-state index in [4.69, 9.17) is 12.2 Å². The van der Waals surface area contributed by atoms with Crippen LogP contribution in [-0.2, 0) is 4.79 Å². The summed E-state index contributed by atoms with van der Waals surface area (Å²) < 4.78 is 2.50. The smallest absolute Gasteiger partial charge is 0.234 e. The monoisotopic (exact) mass is 394 g/mol. The largest absolute Gasteiger partial charge is 0.356 e. The van der Waals surface area contributed by atoms with Crippen LogP contribution in [0.1, 0.15) is 72.1 Å². The Hall–Kier alpha value is -1.07. The van der Waals surface area contributed by atoms with Gasteiger partial charge in [0, 0.05) is 32.0 Å². The summed E-state index contributed by atoms with van der Waals surface area (Å²) in [6.07, 6.45) is 9.82. The first-order valence-corrected chi connectivity index (χ1v) is 11.1. The molecule has 26 heavy (non-hydrogen) atoms. The number of anilines is 1. The number of hydrogen-bond donors (Lipinski definition) is 0. The van der Waals surface area contributed by atoms with Gasteiger partial charge in [-0.25, -0.2) is 4.31 Å². The van der Waals surface area contributed by atoms with E-state index < -0.39 is 0 Å². The second-order valence-corrected chi connectivity index (χ2v) is 8.19. The predicted octanol–water partition coefficient (Wildman–Crippen LogP) is 6.44. The van der Waals surface area contributed by atoms with Crippen molar-refractivity contribution in [2.45, 2.75) is 72.1 Å². The Kier molecular flexibility index (Phi) is 12.4. The Morgan fingerprint density at radius 2 is 1.46 bits per heavy atom. The summed E-state index contributed by atoms with van der Waals surface area (Å²) in [4.78, 5) is 14.4. The zero-order chi connectivity index (χ0) is 19.2. The molecular formula is C21H34N2OS2. The van der Waals surface area contributed by atoms with Crippen molar-refractivity contribution >= 4 is 40.1 Å². The number of nitrogens with zero attached hydrogens (tertiary/aromatic N) is 2. The molecule has 0 spiro atoms. The third kappa shape index (κ3) is 9.04. The molecule has 0 radical (unpaired) electrons. The normalized spacial score (nSPS) is 10.6. The van der Waals surface area contributed by atoms with Crippen molar-refractivity contribution in [3.63, 3.8) is 0 Å². The fourth-order valence-corrected chi connectivity index (χ4v) is 3.97. The molecule has 0 aliphatic heterocycles. The summed E-state index contributed by atoms with van der Waals surface area (Å²) in [6.45, 7) is 8.02. The van der Waals surface area contributed by atoms with Gasteiger partial charge in [0.15, 0.2) is 4.32 Å². The van der Waals surface area contributed by atoms with Gasteiger partial charge in [-0.2, -0.15) is 0 Å². The zero-order valence-electron chi connectivity index (χ0n) is 16.6. The van der Waals surface area contributed by atoms with Crippen molar-refractivity contribution in [3.8, 4) is 0 Å². The highest BCUT2D eigenvalue weighted by atomic mass is 32.2. The maximum absolute atomic E-state index is 12.1. The molecule has 1 aromatic carbocycles. The first kappa shape index (κ1) is 23.0. The van der Waals surface area contributed by atoms with Crippen molar-refractivity contribution in [1.82, 2.24) is 4.90 Å². The first-order valence-electron chi connectivity index (χ1n) is 9.92. The molecule has 5 heteroatoms. The average molecular weight is 395 g/mol. The van der Waals surface area contributed by atoms with Crippen LogP contribution < -0.4 is 4.31 Å². The molecule has 0 aromatic heterocycles. The minimum Gasteiger partial charge on any atom is -0.356 e. The lowest BCUT2D eigenvalue weighted by Crippen LogP contribution is -2.33. The third-order valence-corrected chi connectivity index (χ3v) is 5.81. The van der Waals surface area contributed by atoms with Crippen LogP contribution in [0.5, 0.6) is 0 Å². The van der Waals surface area contributed by atoms with E-state index in [0.717, 1.165) is 35.9 Å². The van der Waals surface area contributed by atoms with Gasteiger partial charge in [0.2, 0.25) is 5.91 Å². The first-order chi connectivity index (χ1) is 12.6. The average Bonchev–Trinajstić information content (AvgIpc) is 2.65. The number of thiocarbonyl (C=S) groups is 1. The van der Waals surface area contributed by atoms with E-state index in [1.807, 2.05) is 30.3 Å². The van der Waals surface area contributed by atoms with Crippen LogP contribution in [0.15, 0.2) is 30.3 Å². The molecule has 0 heterocycles. The molecule has 0 N–H and O–H groups in total. The molecule has 0 saturated carbocycles. The van der Waals surface area contributed by atoms with Gasteiger partial charge in [-0.1, -0.05) is 82.8 Å². The van der Waals surface area contributed by atoms with Crippen molar-refractivity contribution in [1.29, 1.82) is 0 Å². The maximum Gasteiger partial charge on any atom is 0.234 e. The SMILES string of the molecule is CCCCCCN(CCCCCC)C(=S)SN(C(C)=O)c1ccccc1. The van der Waals surface area contributed by atoms with E-state index in [1.54, 1.807) is 11.2 Å². The van der Waals surface area contributed by atoms with E-state index >= 15 is 0 Å². The highest BCUT2D eigenvalue weighted by molar-refractivity contribution is 8.24. The van der Waals surface area contributed by atoms with E-state index in [-0.39, 0.29) is 5.91 Å². The van der Waals surface area contributed by atoms with Crippen molar-refractivity contribution in [2.75, 3.05) is 17.4 Å². The second kappa shape index (κ2) is 14.0. The lowest BCUT2D eigenvalue weighted by Gasteiger charge is -2.28. The Morgan fingerprint density at radius 1 is 0.923 bits per heavy atom. The molecule has 0 aliphatic carbocycles. The molecule has 0 atom stereocenters. The van der Waals surface area contributed by atoms with Gasteiger partial charge in [0.25, 0.3) is 0 Å². The number of rotatable bonds is 11. The van der Waals surface area contributed by atoms with Gasteiger partial charge < -0.3 is 4.90 Å². The van der Waals surface area contributed by atoms with Crippen LogP contribution in [0, 0.1) is 0 Å². The number of amides is 1. The highest BCUT2D eigenvalue weighted by Gasteiger charge is 2.18. The molecule has 0 bridgehead atoms. The minimum atomic E-state index is 0.000431. The molecule has 0 saturated heterocycles. The van der Waals surface area contributed by atoms with E-state index in [0.29, 0.717) is 0 Å². The summed E-state index contributed by atoms with van der Waals surface area (Å²) in [5.74, 6) is 0.000431. The lowest BCUT2D eigenvalue weighted by molar-refractivity contribution is -0.115. The molecule has 0 aliphatic rings. The van der Waals surface area contributed by atoms with Crippen LogP contribution in [0.2, 0.25) is 0 Å². The maximum atomic E-state index is 12.1. The highest BCUT2D eigenvalue weighted by Crippen LogP contribution is 2.25. The van der Waals surface area contributed by atoms with Gasteiger partial charge in [-0.15, -0.1) is 0 Å². The third-order valence-electron chi connectivity index (χ3n) is 4.27. The molecule has 1 aromatic rings. The lowest BCUT2D eigenvalue weighted by atomic mass is 10.2. The summed E-state index contributed by atoms with van der Waals surface area (Å²) in [5.41, 5.74) is 0.879. The molecule has 146 valence electrons. The van der Waals surface area contributed by atoms with Crippen molar-refractivity contribution in [3.05, 3.63) is 30.3 Å². The molecule has 0 unspecified atom stereocenters. The van der Waals surface area contributed by atoms with Gasteiger partial charge in [-0.05, 0) is 25.0 Å². The number of para-hydroxylation sites is 1. The van der Waals surface area contributed by atoms with Gasteiger partial charge in [0.05, 0.1) is 5.69 Å². The summed E-state index contributed by atoms with van der Waals surface area (Å²) in [7, 11) is 0. The van der Waals surface area contributed by atoms with E-state index in [1.165, 1.54) is 50.5 Å². The van der Waals surface area contributed by atoms with Gasteiger partial charge in [-0.3, -0.25) is 4.79 Å². The molecule has 0 fully saturated rings. The van der Waals surface area contributed by atoms with Crippen LogP contribution in [0.25, 0.3) is 0 Å². The van der Waals surface area contributed by atoms with E-state index in [9.17, 15) is 4.79 Å². The van der Waals surface area contributed by atoms with Crippen LogP contribution in [0.4, 0.5) is 5.69 Å². The second-order valence-electron chi connectivity index (χ2n) is 6.61. The molecule has 1 amide bonds. The van der Waals surface area contributed by atoms with Crippen LogP contribution in [0.3, 0.4) is 0 Å². The zero-order valence-corrected chi connectivity index (χ0v) is 18.2. The molecule has 1 rings (SSSR count). The topological polar surface area (TPSA) is 23.6 Å². The quantitative estimate of drug-likeness (QED) is 0.245. The molecule has 3 nitrogen and oxygen atoms in total. The number of hydrogen-bond acceptors (Lipinski definition) is 3. The Labute approximate surface area is 169 Å². The van der Waals surface area contributed by atoms with Crippen LogP contribution in [-0.4, -0.2) is 28.2 Å². The fourth-order valence-electron chi connectivity index (χ4n) is 2.75. The number of carbonyl (C=O) groups excluding carboxylic acids is 1. The Balaban J connectivity index is 2.69. The summed E-state index contributed by atoms with van der Waals surface area (Å²) in [5, 5.41) is 0. The standard InChI is InChI=1S/C21H34N2OS2/c1-4-6-8-13-17-22(18-14-9-7-5-2)21(25)26-23(19(3)24)20-15-11-10-12-16-20/h10-12,15-16H,4-9,13-14,17-18H2,1-3H3. The van der Waals surface area contributed by atoms with E-state index in [2.05, 4.69) is 18.7 Å². The van der Waals surface area contributed by atoms with Gasteiger partial charge in [0.1, 0.15) is 0 Å². The Bertz CT molecular complexity index is 510.